The van der Waals surface area contributed by atoms with Crippen LogP contribution < -0.4 is 11.1 Å². The summed E-state index contributed by atoms with van der Waals surface area (Å²) in [5, 5.41) is 13.6. The molecule has 0 bridgehead atoms. The summed E-state index contributed by atoms with van der Waals surface area (Å²) in [4.78, 5) is 11.3. The Kier molecular flexibility index (Phi) is 3.47. The third kappa shape index (κ3) is 2.34. The second-order valence-corrected chi connectivity index (χ2v) is 4.91. The highest BCUT2D eigenvalue weighted by molar-refractivity contribution is 6.42. The van der Waals surface area contributed by atoms with Crippen LogP contribution in [0.2, 0.25) is 10.0 Å². The highest BCUT2D eigenvalue weighted by Crippen LogP contribution is 2.38. The van der Waals surface area contributed by atoms with Crippen molar-refractivity contribution in [1.29, 1.82) is 0 Å². The summed E-state index contributed by atoms with van der Waals surface area (Å²) in [7, 11) is 0. The number of nitrogens with two attached hydrogens (primary N) is 1. The maximum absolute atomic E-state index is 11.3. The van der Waals surface area contributed by atoms with Gasteiger partial charge in [-0.3, -0.25) is 4.79 Å². The number of carbonyl (C=O) groups excluding carboxylic acids is 1. The van der Waals surface area contributed by atoms with Gasteiger partial charge >= 0.3 is 0 Å². The van der Waals surface area contributed by atoms with Gasteiger partial charge in [-0.1, -0.05) is 23.2 Å². The fourth-order valence-electron chi connectivity index (χ4n) is 2.15. The number of hydrogen-bond acceptors (Lipinski definition) is 3. The van der Waals surface area contributed by atoms with Crippen molar-refractivity contribution in [2.24, 2.45) is 11.7 Å². The van der Waals surface area contributed by atoms with E-state index in [1.165, 1.54) is 6.07 Å². The maximum atomic E-state index is 11.3. The van der Waals surface area contributed by atoms with Gasteiger partial charge in [0.25, 0.3) is 0 Å². The molecule has 1 heterocycles. The minimum absolute atomic E-state index is 0.0411. The van der Waals surface area contributed by atoms with E-state index in [1.807, 2.05) is 0 Å². The fourth-order valence-corrected chi connectivity index (χ4v) is 2.48. The zero-order chi connectivity index (χ0) is 12.6. The Bertz CT molecular complexity index is 465. The van der Waals surface area contributed by atoms with Crippen LogP contribution in [-0.4, -0.2) is 24.1 Å². The summed E-state index contributed by atoms with van der Waals surface area (Å²) >= 11 is 11.7. The zero-order valence-corrected chi connectivity index (χ0v) is 10.4. The number of phenolic OH excluding ortho intramolecular Hbond substituents is 1. The van der Waals surface area contributed by atoms with Crippen molar-refractivity contribution < 1.29 is 9.90 Å². The average molecular weight is 275 g/mol. The van der Waals surface area contributed by atoms with Gasteiger partial charge in [0.1, 0.15) is 5.75 Å². The van der Waals surface area contributed by atoms with Crippen molar-refractivity contribution in [1.82, 2.24) is 5.32 Å². The van der Waals surface area contributed by atoms with Crippen molar-refractivity contribution in [3.05, 3.63) is 27.7 Å². The second-order valence-electron chi connectivity index (χ2n) is 4.10. The standard InChI is InChI=1S/C11H12Cl2N2O2/c12-8-1-5(10(16)2-9(8)13)6-3-15-4-7(6)11(14)17/h1-2,6-7,15-16H,3-4H2,(H2,14,17)/t6-,7+/m1/s1. The SMILES string of the molecule is NC(=O)[C@H]1CNC[C@@H]1c1cc(Cl)c(Cl)cc1O. The van der Waals surface area contributed by atoms with Gasteiger partial charge in [-0.15, -0.1) is 0 Å². The van der Waals surface area contributed by atoms with Crippen molar-refractivity contribution >= 4 is 29.1 Å². The molecule has 1 fully saturated rings. The monoisotopic (exact) mass is 274 g/mol. The Morgan fingerprint density at radius 1 is 1.35 bits per heavy atom. The molecule has 1 saturated heterocycles. The third-order valence-electron chi connectivity index (χ3n) is 3.05. The number of primary amides is 1. The average Bonchev–Trinajstić information content (AvgIpc) is 2.72. The first kappa shape index (κ1) is 12.5. The molecule has 0 unspecified atom stereocenters. The lowest BCUT2D eigenvalue weighted by atomic mass is 9.88. The van der Waals surface area contributed by atoms with E-state index in [0.29, 0.717) is 23.7 Å². The van der Waals surface area contributed by atoms with Gasteiger partial charge in [0.15, 0.2) is 0 Å². The number of amides is 1. The lowest BCUT2D eigenvalue weighted by Crippen LogP contribution is -2.28. The molecule has 1 aliphatic rings. The molecular weight excluding hydrogens is 263 g/mol. The molecule has 1 aliphatic heterocycles. The summed E-state index contributed by atoms with van der Waals surface area (Å²) in [5.74, 6) is -0.842. The van der Waals surface area contributed by atoms with Gasteiger partial charge in [0.05, 0.1) is 16.0 Å². The molecule has 0 radical (unpaired) electrons. The molecule has 4 nitrogen and oxygen atoms in total. The molecule has 17 heavy (non-hydrogen) atoms. The van der Waals surface area contributed by atoms with Crippen LogP contribution >= 0.6 is 23.2 Å². The van der Waals surface area contributed by atoms with E-state index in [4.69, 9.17) is 28.9 Å². The number of benzene rings is 1. The Morgan fingerprint density at radius 3 is 2.65 bits per heavy atom. The van der Waals surface area contributed by atoms with Crippen molar-refractivity contribution in [3.8, 4) is 5.75 Å². The molecule has 0 aliphatic carbocycles. The molecule has 2 rings (SSSR count). The van der Waals surface area contributed by atoms with Gasteiger partial charge in [0.2, 0.25) is 5.91 Å². The predicted octanol–water partition coefficient (Wildman–Crippen LogP) is 1.49. The highest BCUT2D eigenvalue weighted by Gasteiger charge is 2.34. The summed E-state index contributed by atoms with van der Waals surface area (Å²) in [5.41, 5.74) is 5.93. The summed E-state index contributed by atoms with van der Waals surface area (Å²) in [6.07, 6.45) is 0. The minimum atomic E-state index is -0.384. The molecule has 0 aromatic heterocycles. The van der Waals surface area contributed by atoms with Gasteiger partial charge in [0, 0.05) is 30.6 Å². The Hall–Kier alpha value is -0.970. The van der Waals surface area contributed by atoms with Gasteiger partial charge < -0.3 is 16.2 Å². The molecule has 0 saturated carbocycles. The number of halogens is 2. The van der Waals surface area contributed by atoms with Crippen LogP contribution in [-0.2, 0) is 4.79 Å². The predicted molar refractivity (Wildman–Crippen MR) is 66.4 cm³/mol. The van der Waals surface area contributed by atoms with Crippen LogP contribution in [0.4, 0.5) is 0 Å². The van der Waals surface area contributed by atoms with Crippen LogP contribution in [0.3, 0.4) is 0 Å². The Labute approximate surface area is 109 Å². The molecule has 92 valence electrons. The minimum Gasteiger partial charge on any atom is -0.508 e. The molecule has 1 aromatic carbocycles. The number of hydrogen-bond donors (Lipinski definition) is 3. The lowest BCUT2D eigenvalue weighted by Gasteiger charge is -2.17. The number of phenols is 1. The van der Waals surface area contributed by atoms with E-state index in [9.17, 15) is 9.90 Å². The first-order valence-corrected chi connectivity index (χ1v) is 5.94. The van der Waals surface area contributed by atoms with Crippen LogP contribution in [0.5, 0.6) is 5.75 Å². The van der Waals surface area contributed by atoms with E-state index in [-0.39, 0.29) is 28.5 Å². The molecule has 6 heteroatoms. The smallest absolute Gasteiger partial charge is 0.222 e. The normalized spacial score (nSPS) is 23.9. The third-order valence-corrected chi connectivity index (χ3v) is 3.77. The Balaban J connectivity index is 2.40. The Morgan fingerprint density at radius 2 is 2.00 bits per heavy atom. The number of rotatable bonds is 2. The first-order valence-electron chi connectivity index (χ1n) is 5.18. The number of aromatic hydroxyl groups is 1. The van der Waals surface area contributed by atoms with Crippen LogP contribution in [0.15, 0.2) is 12.1 Å². The topological polar surface area (TPSA) is 75.4 Å². The van der Waals surface area contributed by atoms with Crippen molar-refractivity contribution in [2.45, 2.75) is 5.92 Å². The molecule has 2 atom stereocenters. The van der Waals surface area contributed by atoms with Crippen molar-refractivity contribution in [2.75, 3.05) is 13.1 Å². The first-order chi connectivity index (χ1) is 8.00. The molecular formula is C11H12Cl2N2O2. The van der Waals surface area contributed by atoms with Gasteiger partial charge in [-0.05, 0) is 6.07 Å². The van der Waals surface area contributed by atoms with Gasteiger partial charge in [-0.2, -0.15) is 0 Å². The summed E-state index contributed by atoms with van der Waals surface area (Å²) in [6.45, 7) is 1.10. The highest BCUT2D eigenvalue weighted by atomic mass is 35.5. The van der Waals surface area contributed by atoms with Crippen molar-refractivity contribution in [3.63, 3.8) is 0 Å². The van der Waals surface area contributed by atoms with E-state index in [1.54, 1.807) is 6.07 Å². The number of carbonyl (C=O) groups is 1. The molecule has 0 spiro atoms. The van der Waals surface area contributed by atoms with E-state index in [0.717, 1.165) is 0 Å². The summed E-state index contributed by atoms with van der Waals surface area (Å²) in [6, 6.07) is 2.97. The zero-order valence-electron chi connectivity index (χ0n) is 8.91. The quantitative estimate of drug-likeness (QED) is 0.765. The molecule has 4 N–H and O–H groups in total. The molecule has 1 amide bonds. The summed E-state index contributed by atoms with van der Waals surface area (Å²) < 4.78 is 0. The fraction of sp³-hybridized carbons (Fsp3) is 0.364. The van der Waals surface area contributed by atoms with E-state index in [2.05, 4.69) is 5.32 Å². The number of nitrogens with one attached hydrogen (secondary N) is 1. The van der Waals surface area contributed by atoms with Crippen LogP contribution in [0.1, 0.15) is 11.5 Å². The lowest BCUT2D eigenvalue weighted by molar-refractivity contribution is -0.121. The maximum Gasteiger partial charge on any atom is 0.222 e. The molecule has 1 aromatic rings. The van der Waals surface area contributed by atoms with Crippen LogP contribution in [0.25, 0.3) is 0 Å². The van der Waals surface area contributed by atoms with Crippen LogP contribution in [0, 0.1) is 5.92 Å². The van der Waals surface area contributed by atoms with E-state index < -0.39 is 0 Å². The largest absolute Gasteiger partial charge is 0.508 e. The van der Waals surface area contributed by atoms with E-state index >= 15 is 0 Å². The van der Waals surface area contributed by atoms with Gasteiger partial charge in [-0.25, -0.2) is 0 Å². The second kappa shape index (κ2) is 4.72.